The third-order valence-corrected chi connectivity index (χ3v) is 5.68. The first-order chi connectivity index (χ1) is 8.88. The average Bonchev–Trinajstić information content (AvgIpc) is 2.63. The maximum absolute atomic E-state index is 11.9. The fourth-order valence-electron chi connectivity index (χ4n) is 2.12. The molecule has 1 aromatic heterocycles. The second-order valence-electron chi connectivity index (χ2n) is 4.92. The maximum Gasteiger partial charge on any atom is 0.261 e. The van der Waals surface area contributed by atoms with Crippen LogP contribution in [0.4, 0.5) is 0 Å². The van der Waals surface area contributed by atoms with Crippen molar-refractivity contribution in [2.75, 3.05) is 6.54 Å². The molecule has 0 spiro atoms. The summed E-state index contributed by atoms with van der Waals surface area (Å²) in [5.74, 6) is 0.521. The molecule has 1 saturated carbocycles. The summed E-state index contributed by atoms with van der Waals surface area (Å²) >= 11 is 1.16. The highest BCUT2D eigenvalue weighted by Gasteiger charge is 2.20. The number of nitrogens with two attached hydrogens (primary N) is 1. The van der Waals surface area contributed by atoms with Crippen molar-refractivity contribution in [1.29, 1.82) is 0 Å². The Morgan fingerprint density at radius 2 is 2.21 bits per heavy atom. The number of rotatable bonds is 5. The fourth-order valence-corrected chi connectivity index (χ4v) is 4.18. The van der Waals surface area contributed by atoms with E-state index in [4.69, 9.17) is 5.14 Å². The first kappa shape index (κ1) is 14.5. The van der Waals surface area contributed by atoms with Gasteiger partial charge in [0.2, 0.25) is 10.0 Å². The zero-order valence-electron chi connectivity index (χ0n) is 10.8. The Hall–Kier alpha value is -0.920. The highest BCUT2D eigenvalue weighted by atomic mass is 32.2. The molecule has 0 saturated heterocycles. The highest BCUT2D eigenvalue weighted by Crippen LogP contribution is 2.29. The van der Waals surface area contributed by atoms with Gasteiger partial charge < -0.3 is 5.32 Å². The van der Waals surface area contributed by atoms with Gasteiger partial charge in [0.05, 0.1) is 9.77 Å². The molecule has 1 aliphatic carbocycles. The summed E-state index contributed by atoms with van der Waals surface area (Å²) in [7, 11) is -3.74. The van der Waals surface area contributed by atoms with Gasteiger partial charge in [-0.1, -0.05) is 19.3 Å². The van der Waals surface area contributed by atoms with E-state index in [1.165, 1.54) is 25.3 Å². The molecule has 5 nitrogen and oxygen atoms in total. The Labute approximate surface area is 117 Å². The molecular weight excluding hydrogens is 284 g/mol. The van der Waals surface area contributed by atoms with Gasteiger partial charge in [-0.25, -0.2) is 13.6 Å². The molecule has 106 valence electrons. The van der Waals surface area contributed by atoms with E-state index in [0.717, 1.165) is 23.7 Å². The van der Waals surface area contributed by atoms with E-state index in [1.54, 1.807) is 6.92 Å². The lowest BCUT2D eigenvalue weighted by Gasteiger charge is -2.25. The van der Waals surface area contributed by atoms with Crippen molar-refractivity contribution in [2.45, 2.75) is 37.5 Å². The lowest BCUT2D eigenvalue weighted by atomic mass is 9.83. The van der Waals surface area contributed by atoms with Gasteiger partial charge in [-0.3, -0.25) is 4.79 Å². The Morgan fingerprint density at radius 3 is 2.68 bits per heavy atom. The van der Waals surface area contributed by atoms with Gasteiger partial charge in [0.1, 0.15) is 0 Å². The summed E-state index contributed by atoms with van der Waals surface area (Å²) < 4.78 is 22.6. The van der Waals surface area contributed by atoms with E-state index in [1.807, 2.05) is 0 Å². The summed E-state index contributed by atoms with van der Waals surface area (Å²) in [6.07, 6.45) is 4.80. The quantitative estimate of drug-likeness (QED) is 0.866. The molecule has 0 aliphatic heterocycles. The number of aryl methyl sites for hydroxylation is 1. The molecule has 0 bridgehead atoms. The van der Waals surface area contributed by atoms with Gasteiger partial charge in [0.25, 0.3) is 5.91 Å². The van der Waals surface area contributed by atoms with Crippen LogP contribution in [0.2, 0.25) is 0 Å². The van der Waals surface area contributed by atoms with Crippen LogP contribution in [0, 0.1) is 12.8 Å². The van der Waals surface area contributed by atoms with Crippen molar-refractivity contribution < 1.29 is 13.2 Å². The topological polar surface area (TPSA) is 89.3 Å². The predicted octanol–water partition coefficient (Wildman–Crippen LogP) is 1.62. The maximum atomic E-state index is 11.9. The summed E-state index contributed by atoms with van der Waals surface area (Å²) in [4.78, 5) is 12.9. The zero-order valence-corrected chi connectivity index (χ0v) is 12.4. The third-order valence-electron chi connectivity index (χ3n) is 3.47. The van der Waals surface area contributed by atoms with Gasteiger partial charge in [-0.05, 0) is 25.3 Å². The normalized spacial score (nSPS) is 16.1. The number of amides is 1. The molecule has 19 heavy (non-hydrogen) atoms. The van der Waals surface area contributed by atoms with Crippen LogP contribution in [0.5, 0.6) is 0 Å². The number of sulfonamides is 1. The first-order valence-corrected chi connectivity index (χ1v) is 8.65. The van der Waals surface area contributed by atoms with Gasteiger partial charge >= 0.3 is 0 Å². The van der Waals surface area contributed by atoms with E-state index < -0.39 is 10.0 Å². The van der Waals surface area contributed by atoms with E-state index in [2.05, 4.69) is 5.32 Å². The summed E-state index contributed by atoms with van der Waals surface area (Å²) in [5.41, 5.74) is 0. The minimum Gasteiger partial charge on any atom is -0.351 e. The Morgan fingerprint density at radius 1 is 1.53 bits per heavy atom. The lowest BCUT2D eigenvalue weighted by molar-refractivity contribution is 0.0953. The number of hydrogen-bond donors (Lipinski definition) is 2. The minimum atomic E-state index is -3.74. The smallest absolute Gasteiger partial charge is 0.261 e. The Bertz CT molecular complexity index is 574. The second-order valence-corrected chi connectivity index (χ2v) is 7.70. The molecule has 3 N–H and O–H groups in total. The largest absolute Gasteiger partial charge is 0.351 e. The minimum absolute atomic E-state index is 0.0432. The average molecular weight is 302 g/mol. The van der Waals surface area contributed by atoms with E-state index >= 15 is 0 Å². The van der Waals surface area contributed by atoms with Crippen LogP contribution in [0.1, 0.15) is 40.2 Å². The van der Waals surface area contributed by atoms with Crippen LogP contribution in [0.3, 0.4) is 0 Å². The number of thiophene rings is 1. The lowest BCUT2D eigenvalue weighted by Crippen LogP contribution is -2.26. The van der Waals surface area contributed by atoms with Gasteiger partial charge in [-0.15, -0.1) is 11.3 Å². The Kier molecular flexibility index (Phi) is 4.27. The van der Waals surface area contributed by atoms with Gasteiger partial charge in [0, 0.05) is 11.4 Å². The molecule has 2 rings (SSSR count). The summed E-state index contributed by atoms with van der Waals surface area (Å²) in [5, 5.41) is 7.91. The predicted molar refractivity (Wildman–Crippen MR) is 74.7 cm³/mol. The standard InChI is InChI=1S/C12H18N2O3S2/c1-8-11(19(13,16)17)7-10(18-8)12(15)14-6-5-9-3-2-4-9/h7,9H,2-6H2,1H3,(H,14,15)(H2,13,16,17). The molecule has 1 fully saturated rings. The molecule has 0 radical (unpaired) electrons. The van der Waals surface area contributed by atoms with Crippen molar-refractivity contribution in [3.63, 3.8) is 0 Å². The van der Waals surface area contributed by atoms with Crippen molar-refractivity contribution in [2.24, 2.45) is 11.1 Å². The highest BCUT2D eigenvalue weighted by molar-refractivity contribution is 7.89. The monoisotopic (exact) mass is 302 g/mol. The molecule has 0 aromatic carbocycles. The zero-order chi connectivity index (χ0) is 14.0. The first-order valence-electron chi connectivity index (χ1n) is 6.29. The SMILES string of the molecule is Cc1sc(C(=O)NCCC2CCC2)cc1S(N)(=O)=O. The van der Waals surface area contributed by atoms with E-state index in [9.17, 15) is 13.2 Å². The Balaban J connectivity index is 1.95. The van der Waals surface area contributed by atoms with Crippen LogP contribution in [0.25, 0.3) is 0 Å². The van der Waals surface area contributed by atoms with Crippen LogP contribution in [-0.2, 0) is 10.0 Å². The number of carbonyl (C=O) groups is 1. The molecule has 1 amide bonds. The number of primary sulfonamides is 1. The van der Waals surface area contributed by atoms with Gasteiger partial charge in [0.15, 0.2) is 0 Å². The molecule has 1 heterocycles. The number of nitrogens with one attached hydrogen (secondary N) is 1. The second kappa shape index (κ2) is 5.60. The third kappa shape index (κ3) is 3.55. The van der Waals surface area contributed by atoms with Crippen molar-refractivity contribution >= 4 is 27.3 Å². The van der Waals surface area contributed by atoms with Gasteiger partial charge in [-0.2, -0.15) is 0 Å². The van der Waals surface area contributed by atoms with Crippen LogP contribution in [0.15, 0.2) is 11.0 Å². The van der Waals surface area contributed by atoms with Crippen molar-refractivity contribution in [3.8, 4) is 0 Å². The molecule has 0 atom stereocenters. The molecule has 0 unspecified atom stereocenters. The molecule has 1 aromatic rings. The van der Waals surface area contributed by atoms with Crippen LogP contribution < -0.4 is 10.5 Å². The fraction of sp³-hybridized carbons (Fsp3) is 0.583. The van der Waals surface area contributed by atoms with E-state index in [0.29, 0.717) is 16.3 Å². The van der Waals surface area contributed by atoms with Crippen LogP contribution in [-0.4, -0.2) is 20.9 Å². The van der Waals surface area contributed by atoms with Crippen molar-refractivity contribution in [3.05, 3.63) is 15.8 Å². The molecule has 1 aliphatic rings. The number of carbonyl (C=O) groups excluding carboxylic acids is 1. The summed E-state index contributed by atoms with van der Waals surface area (Å²) in [6.45, 7) is 2.29. The molecular formula is C12H18N2O3S2. The van der Waals surface area contributed by atoms with E-state index in [-0.39, 0.29) is 10.8 Å². The summed E-state index contributed by atoms with van der Waals surface area (Å²) in [6, 6.07) is 1.36. The molecule has 7 heteroatoms. The van der Waals surface area contributed by atoms with Crippen molar-refractivity contribution in [1.82, 2.24) is 5.32 Å². The van der Waals surface area contributed by atoms with Crippen LogP contribution >= 0.6 is 11.3 Å². The number of hydrogen-bond acceptors (Lipinski definition) is 4.